The topological polar surface area (TPSA) is 105 Å². The molecule has 0 aromatic carbocycles. The van der Waals surface area contributed by atoms with Gasteiger partial charge in [0.2, 0.25) is 5.82 Å². The highest BCUT2D eigenvalue weighted by molar-refractivity contribution is 5.88. The highest BCUT2D eigenvalue weighted by Crippen LogP contribution is 2.24. The molecule has 0 atom stereocenters. The minimum atomic E-state index is -4.30. The molecular formula is C10H10F3N3O4. The molecule has 20 heavy (non-hydrogen) atoms. The maximum Gasteiger partial charge on any atom is 0.389 e. The third-order valence-electron chi connectivity index (χ3n) is 2.24. The number of nitrogens with one attached hydrogen (secondary N) is 1. The smallest absolute Gasteiger partial charge is 0.389 e. The molecule has 10 heteroatoms. The average molecular weight is 293 g/mol. The highest BCUT2D eigenvalue weighted by Gasteiger charge is 2.26. The van der Waals surface area contributed by atoms with Gasteiger partial charge in [0, 0.05) is 25.2 Å². The van der Waals surface area contributed by atoms with Crippen molar-refractivity contribution >= 4 is 17.5 Å². The molecular weight excluding hydrogens is 283 g/mol. The van der Waals surface area contributed by atoms with Gasteiger partial charge in [0.05, 0.1) is 10.5 Å². The van der Waals surface area contributed by atoms with Crippen LogP contribution in [0.15, 0.2) is 12.3 Å². The number of pyridine rings is 1. The van der Waals surface area contributed by atoms with Gasteiger partial charge >= 0.3 is 17.8 Å². The standard InChI is InChI=1S/C10H10F3N3O4/c11-10(12,13)2-1-3-14-8-7(16(19)20)4-6(5-15-8)9(17)18/h4-5H,1-3H2,(H,14,15)(H,17,18). The summed E-state index contributed by atoms with van der Waals surface area (Å²) in [7, 11) is 0. The number of rotatable bonds is 6. The zero-order chi connectivity index (χ0) is 15.3. The summed E-state index contributed by atoms with van der Waals surface area (Å²) in [5.41, 5.74) is -0.977. The molecule has 110 valence electrons. The molecule has 1 aromatic heterocycles. The molecule has 0 amide bonds. The number of hydrogen-bond donors (Lipinski definition) is 2. The second-order valence-corrected chi connectivity index (χ2v) is 3.80. The van der Waals surface area contributed by atoms with E-state index in [0.717, 1.165) is 12.3 Å². The quantitative estimate of drug-likeness (QED) is 0.474. The SMILES string of the molecule is O=C(O)c1cnc(NCCCC(F)(F)F)c([N+](=O)[O-])c1. The van der Waals surface area contributed by atoms with Crippen molar-refractivity contribution < 1.29 is 28.0 Å². The Kier molecular flexibility index (Phi) is 4.83. The van der Waals surface area contributed by atoms with Crippen molar-refractivity contribution in [2.75, 3.05) is 11.9 Å². The maximum absolute atomic E-state index is 11.9. The van der Waals surface area contributed by atoms with Gasteiger partial charge in [-0.15, -0.1) is 0 Å². The molecule has 0 spiro atoms. The molecule has 1 heterocycles. The summed E-state index contributed by atoms with van der Waals surface area (Å²) in [4.78, 5) is 24.1. The summed E-state index contributed by atoms with van der Waals surface area (Å²) < 4.78 is 35.7. The van der Waals surface area contributed by atoms with E-state index in [-0.39, 0.29) is 24.3 Å². The fourth-order valence-corrected chi connectivity index (χ4v) is 1.34. The van der Waals surface area contributed by atoms with Crippen LogP contribution in [0.3, 0.4) is 0 Å². The molecule has 0 fully saturated rings. The van der Waals surface area contributed by atoms with E-state index in [1.54, 1.807) is 0 Å². The fourth-order valence-electron chi connectivity index (χ4n) is 1.34. The summed E-state index contributed by atoms with van der Waals surface area (Å²) in [5.74, 6) is -1.65. The minimum absolute atomic E-state index is 0.167. The maximum atomic E-state index is 11.9. The van der Waals surface area contributed by atoms with E-state index in [1.165, 1.54) is 0 Å². The first-order valence-corrected chi connectivity index (χ1v) is 5.39. The zero-order valence-electron chi connectivity index (χ0n) is 9.98. The van der Waals surface area contributed by atoms with Gasteiger partial charge in [-0.05, 0) is 6.42 Å². The van der Waals surface area contributed by atoms with Crippen molar-refractivity contribution in [3.05, 3.63) is 27.9 Å². The normalized spacial score (nSPS) is 11.2. The van der Waals surface area contributed by atoms with Crippen molar-refractivity contribution in [1.29, 1.82) is 0 Å². The predicted molar refractivity (Wildman–Crippen MR) is 61.6 cm³/mol. The molecule has 1 aromatic rings. The first-order chi connectivity index (χ1) is 9.20. The molecule has 0 bridgehead atoms. The third-order valence-corrected chi connectivity index (χ3v) is 2.24. The van der Waals surface area contributed by atoms with E-state index in [1.807, 2.05) is 0 Å². The molecule has 7 nitrogen and oxygen atoms in total. The van der Waals surface area contributed by atoms with Crippen molar-refractivity contribution in [2.45, 2.75) is 19.0 Å². The van der Waals surface area contributed by atoms with Crippen molar-refractivity contribution in [1.82, 2.24) is 4.98 Å². The monoisotopic (exact) mass is 293 g/mol. The van der Waals surface area contributed by atoms with Crippen LogP contribution in [-0.2, 0) is 0 Å². The molecule has 2 N–H and O–H groups in total. The van der Waals surface area contributed by atoms with Gasteiger partial charge in [0.15, 0.2) is 0 Å². The Bertz CT molecular complexity index is 519. The largest absolute Gasteiger partial charge is 0.478 e. The fraction of sp³-hybridized carbons (Fsp3) is 0.400. The van der Waals surface area contributed by atoms with Gasteiger partial charge in [-0.2, -0.15) is 13.2 Å². The number of anilines is 1. The Morgan fingerprint density at radius 1 is 1.50 bits per heavy atom. The highest BCUT2D eigenvalue weighted by atomic mass is 19.4. The Labute approximate surface area is 110 Å². The van der Waals surface area contributed by atoms with Crippen LogP contribution in [0.4, 0.5) is 24.7 Å². The van der Waals surface area contributed by atoms with Gasteiger partial charge in [0.1, 0.15) is 0 Å². The van der Waals surface area contributed by atoms with E-state index in [9.17, 15) is 28.1 Å². The molecule has 0 radical (unpaired) electrons. The zero-order valence-corrected chi connectivity index (χ0v) is 9.98. The Balaban J connectivity index is 2.75. The van der Waals surface area contributed by atoms with Crippen molar-refractivity contribution in [3.8, 4) is 0 Å². The van der Waals surface area contributed by atoms with Gasteiger partial charge in [-0.25, -0.2) is 9.78 Å². The van der Waals surface area contributed by atoms with E-state index >= 15 is 0 Å². The van der Waals surface area contributed by atoms with E-state index in [0.29, 0.717) is 0 Å². The van der Waals surface area contributed by atoms with Crippen LogP contribution in [0.1, 0.15) is 23.2 Å². The van der Waals surface area contributed by atoms with E-state index in [2.05, 4.69) is 10.3 Å². The molecule has 0 saturated heterocycles. The van der Waals surface area contributed by atoms with Crippen LogP contribution in [0.25, 0.3) is 0 Å². The number of alkyl halides is 3. The number of aromatic carboxylic acids is 1. The van der Waals surface area contributed by atoms with Crippen molar-refractivity contribution in [2.24, 2.45) is 0 Å². The summed E-state index contributed by atoms with van der Waals surface area (Å²) in [6.07, 6.45) is -4.71. The van der Waals surface area contributed by atoms with Crippen LogP contribution in [-0.4, -0.2) is 33.7 Å². The van der Waals surface area contributed by atoms with Crippen LogP contribution in [0.2, 0.25) is 0 Å². The summed E-state index contributed by atoms with van der Waals surface area (Å²) in [6.45, 7) is -0.167. The molecule has 1 rings (SSSR count). The van der Waals surface area contributed by atoms with E-state index < -0.39 is 29.2 Å². The van der Waals surface area contributed by atoms with Crippen LogP contribution in [0, 0.1) is 10.1 Å². The summed E-state index contributed by atoms with van der Waals surface area (Å²) in [6, 6.07) is 0.793. The summed E-state index contributed by atoms with van der Waals surface area (Å²) >= 11 is 0. The van der Waals surface area contributed by atoms with Crippen LogP contribution >= 0.6 is 0 Å². The first kappa shape index (κ1) is 15.7. The van der Waals surface area contributed by atoms with E-state index in [4.69, 9.17) is 5.11 Å². The molecule has 0 aliphatic carbocycles. The first-order valence-electron chi connectivity index (χ1n) is 5.39. The lowest BCUT2D eigenvalue weighted by Gasteiger charge is -2.08. The van der Waals surface area contributed by atoms with Gasteiger partial charge in [-0.3, -0.25) is 10.1 Å². The lowest BCUT2D eigenvalue weighted by atomic mass is 10.2. The molecule has 0 aliphatic rings. The molecule has 0 aliphatic heterocycles. The lowest BCUT2D eigenvalue weighted by molar-refractivity contribution is -0.384. The summed E-state index contributed by atoms with van der Waals surface area (Å²) in [5, 5.41) is 21.8. The minimum Gasteiger partial charge on any atom is -0.478 e. The average Bonchev–Trinajstić information content (AvgIpc) is 2.33. The lowest BCUT2D eigenvalue weighted by Crippen LogP contribution is -2.12. The number of hydrogen-bond acceptors (Lipinski definition) is 5. The third kappa shape index (κ3) is 4.71. The van der Waals surface area contributed by atoms with Gasteiger partial charge in [0.25, 0.3) is 0 Å². The van der Waals surface area contributed by atoms with Crippen LogP contribution < -0.4 is 5.32 Å². The number of aromatic nitrogens is 1. The predicted octanol–water partition coefficient (Wildman–Crippen LogP) is 2.44. The number of carbonyl (C=O) groups is 1. The Hall–Kier alpha value is -2.39. The van der Waals surface area contributed by atoms with Gasteiger partial charge < -0.3 is 10.4 Å². The molecule has 0 unspecified atom stereocenters. The number of nitro groups is 1. The number of carboxylic acids is 1. The number of carboxylic acid groups (broad SMARTS) is 1. The number of halogens is 3. The second-order valence-electron chi connectivity index (χ2n) is 3.80. The van der Waals surface area contributed by atoms with Crippen LogP contribution in [0.5, 0.6) is 0 Å². The second kappa shape index (κ2) is 6.17. The Morgan fingerprint density at radius 2 is 2.15 bits per heavy atom. The van der Waals surface area contributed by atoms with Crippen molar-refractivity contribution in [3.63, 3.8) is 0 Å². The van der Waals surface area contributed by atoms with Gasteiger partial charge in [-0.1, -0.05) is 0 Å². The number of nitrogens with zero attached hydrogens (tertiary/aromatic N) is 2. The molecule has 0 saturated carbocycles. The Morgan fingerprint density at radius 3 is 2.65 bits per heavy atom.